The number of fused-ring (bicyclic) bond motifs is 1. The molecule has 0 fully saturated rings. The van der Waals surface area contributed by atoms with Crippen molar-refractivity contribution in [3.8, 4) is 5.75 Å². The standard InChI is InChI=1S/C16H17NO2/c1-11-13(8-3-9-17-11)15(18)14-7-2-5-12-6-4-10-19-16(12)14/h2-3,5,7-9,15,18H,4,6,10H2,1H3. The number of benzene rings is 1. The van der Waals surface area contributed by atoms with E-state index in [4.69, 9.17) is 4.74 Å². The lowest BCUT2D eigenvalue weighted by Crippen LogP contribution is -2.13. The van der Waals surface area contributed by atoms with Crippen molar-refractivity contribution in [2.45, 2.75) is 25.9 Å². The van der Waals surface area contributed by atoms with E-state index in [1.54, 1.807) is 6.20 Å². The Balaban J connectivity index is 2.05. The van der Waals surface area contributed by atoms with Gasteiger partial charge in [0, 0.05) is 23.0 Å². The monoisotopic (exact) mass is 255 g/mol. The van der Waals surface area contributed by atoms with Gasteiger partial charge in [0.1, 0.15) is 11.9 Å². The molecule has 0 radical (unpaired) electrons. The van der Waals surface area contributed by atoms with Crippen molar-refractivity contribution >= 4 is 0 Å². The minimum Gasteiger partial charge on any atom is -0.493 e. The largest absolute Gasteiger partial charge is 0.493 e. The first-order valence-corrected chi connectivity index (χ1v) is 6.61. The SMILES string of the molecule is Cc1ncccc1C(O)c1cccc2c1OCCC2. The van der Waals surface area contributed by atoms with Crippen molar-refractivity contribution < 1.29 is 9.84 Å². The van der Waals surface area contributed by atoms with Crippen LogP contribution >= 0.6 is 0 Å². The molecule has 1 aliphatic heterocycles. The average Bonchev–Trinajstić information content (AvgIpc) is 2.46. The number of rotatable bonds is 2. The average molecular weight is 255 g/mol. The Kier molecular flexibility index (Phi) is 3.22. The van der Waals surface area contributed by atoms with Crippen LogP contribution in [0.4, 0.5) is 0 Å². The Morgan fingerprint density at radius 3 is 2.89 bits per heavy atom. The number of aromatic nitrogens is 1. The van der Waals surface area contributed by atoms with E-state index in [-0.39, 0.29) is 0 Å². The van der Waals surface area contributed by atoms with E-state index in [1.807, 2.05) is 31.2 Å². The Morgan fingerprint density at radius 2 is 2.05 bits per heavy atom. The molecule has 2 heterocycles. The van der Waals surface area contributed by atoms with E-state index in [0.717, 1.165) is 42.0 Å². The van der Waals surface area contributed by atoms with Gasteiger partial charge in [-0.05, 0) is 31.4 Å². The zero-order chi connectivity index (χ0) is 13.2. The van der Waals surface area contributed by atoms with E-state index in [1.165, 1.54) is 5.56 Å². The zero-order valence-electron chi connectivity index (χ0n) is 11.0. The number of nitrogens with zero attached hydrogens (tertiary/aromatic N) is 1. The van der Waals surface area contributed by atoms with Crippen LogP contribution in [0.15, 0.2) is 36.5 Å². The van der Waals surface area contributed by atoms with Gasteiger partial charge in [-0.15, -0.1) is 0 Å². The van der Waals surface area contributed by atoms with Gasteiger partial charge < -0.3 is 9.84 Å². The van der Waals surface area contributed by atoms with Gasteiger partial charge in [-0.2, -0.15) is 0 Å². The third kappa shape index (κ3) is 2.22. The molecule has 1 N–H and O–H groups in total. The summed E-state index contributed by atoms with van der Waals surface area (Å²) < 4.78 is 5.76. The summed E-state index contributed by atoms with van der Waals surface area (Å²) in [5, 5.41) is 10.6. The fourth-order valence-corrected chi connectivity index (χ4v) is 2.58. The van der Waals surface area contributed by atoms with Gasteiger partial charge >= 0.3 is 0 Å². The van der Waals surface area contributed by atoms with Crippen molar-refractivity contribution in [3.05, 3.63) is 58.9 Å². The van der Waals surface area contributed by atoms with Crippen LogP contribution in [0.3, 0.4) is 0 Å². The van der Waals surface area contributed by atoms with Crippen LogP contribution in [-0.4, -0.2) is 16.7 Å². The van der Waals surface area contributed by atoms with E-state index >= 15 is 0 Å². The van der Waals surface area contributed by atoms with Crippen LogP contribution < -0.4 is 4.74 Å². The van der Waals surface area contributed by atoms with Gasteiger partial charge in [0.25, 0.3) is 0 Å². The van der Waals surface area contributed by atoms with Gasteiger partial charge in [0.2, 0.25) is 0 Å². The summed E-state index contributed by atoms with van der Waals surface area (Å²) in [4.78, 5) is 4.24. The highest BCUT2D eigenvalue weighted by Gasteiger charge is 2.21. The Morgan fingerprint density at radius 1 is 1.21 bits per heavy atom. The lowest BCUT2D eigenvalue weighted by Gasteiger charge is -2.23. The first-order valence-electron chi connectivity index (χ1n) is 6.61. The lowest BCUT2D eigenvalue weighted by atomic mass is 9.95. The molecular formula is C16H17NO2. The zero-order valence-corrected chi connectivity index (χ0v) is 11.0. The van der Waals surface area contributed by atoms with E-state index in [9.17, 15) is 5.11 Å². The Labute approximate surface area is 112 Å². The van der Waals surface area contributed by atoms with Crippen molar-refractivity contribution in [2.75, 3.05) is 6.61 Å². The topological polar surface area (TPSA) is 42.4 Å². The quantitative estimate of drug-likeness (QED) is 0.897. The molecule has 98 valence electrons. The molecule has 1 atom stereocenters. The van der Waals surface area contributed by atoms with Gasteiger partial charge in [-0.1, -0.05) is 24.3 Å². The molecule has 0 spiro atoms. The van der Waals surface area contributed by atoms with Crippen LogP contribution in [-0.2, 0) is 6.42 Å². The summed E-state index contributed by atoms with van der Waals surface area (Å²) >= 11 is 0. The lowest BCUT2D eigenvalue weighted by molar-refractivity contribution is 0.205. The van der Waals surface area contributed by atoms with Crippen molar-refractivity contribution in [3.63, 3.8) is 0 Å². The predicted octanol–water partition coefficient (Wildman–Crippen LogP) is 2.80. The van der Waals surface area contributed by atoms with Crippen molar-refractivity contribution in [2.24, 2.45) is 0 Å². The first kappa shape index (κ1) is 12.2. The third-order valence-corrected chi connectivity index (χ3v) is 3.60. The van der Waals surface area contributed by atoms with E-state index < -0.39 is 6.10 Å². The molecule has 0 bridgehead atoms. The fraction of sp³-hybridized carbons (Fsp3) is 0.312. The van der Waals surface area contributed by atoms with Crippen LogP contribution in [0.2, 0.25) is 0 Å². The fourth-order valence-electron chi connectivity index (χ4n) is 2.58. The molecule has 0 saturated carbocycles. The molecule has 3 nitrogen and oxygen atoms in total. The number of aryl methyl sites for hydroxylation is 2. The molecule has 0 saturated heterocycles. The second kappa shape index (κ2) is 5.02. The predicted molar refractivity (Wildman–Crippen MR) is 73.3 cm³/mol. The molecule has 0 aliphatic carbocycles. The second-order valence-electron chi connectivity index (χ2n) is 4.87. The molecule has 2 aromatic rings. The molecular weight excluding hydrogens is 238 g/mol. The van der Waals surface area contributed by atoms with Crippen LogP contribution in [0.25, 0.3) is 0 Å². The smallest absolute Gasteiger partial charge is 0.128 e. The maximum Gasteiger partial charge on any atom is 0.128 e. The van der Waals surface area contributed by atoms with Gasteiger partial charge in [0.15, 0.2) is 0 Å². The van der Waals surface area contributed by atoms with Crippen molar-refractivity contribution in [1.29, 1.82) is 0 Å². The normalized spacial score (nSPS) is 15.5. The second-order valence-corrected chi connectivity index (χ2v) is 4.87. The summed E-state index contributed by atoms with van der Waals surface area (Å²) in [5.41, 5.74) is 3.71. The van der Waals surface area contributed by atoms with Crippen LogP contribution in [0.5, 0.6) is 5.75 Å². The van der Waals surface area contributed by atoms with Gasteiger partial charge in [0.05, 0.1) is 6.61 Å². The number of pyridine rings is 1. The number of aliphatic hydroxyl groups excluding tert-OH is 1. The minimum absolute atomic E-state index is 0.679. The number of aliphatic hydroxyl groups is 1. The first-order chi connectivity index (χ1) is 9.27. The number of hydrogen-bond acceptors (Lipinski definition) is 3. The minimum atomic E-state index is -0.679. The third-order valence-electron chi connectivity index (χ3n) is 3.60. The molecule has 3 heteroatoms. The number of para-hydroxylation sites is 1. The molecule has 1 unspecified atom stereocenters. The molecule has 19 heavy (non-hydrogen) atoms. The number of ether oxygens (including phenoxy) is 1. The van der Waals surface area contributed by atoms with E-state index in [2.05, 4.69) is 11.1 Å². The molecule has 0 amide bonds. The summed E-state index contributed by atoms with van der Waals surface area (Å²) in [7, 11) is 0. The molecule has 3 rings (SSSR count). The summed E-state index contributed by atoms with van der Waals surface area (Å²) in [6.07, 6.45) is 3.12. The highest BCUT2D eigenvalue weighted by atomic mass is 16.5. The number of hydrogen-bond donors (Lipinski definition) is 1. The molecule has 1 aliphatic rings. The van der Waals surface area contributed by atoms with Crippen LogP contribution in [0.1, 0.15) is 34.9 Å². The van der Waals surface area contributed by atoms with Crippen molar-refractivity contribution in [1.82, 2.24) is 4.98 Å². The highest BCUT2D eigenvalue weighted by molar-refractivity contribution is 5.47. The Hall–Kier alpha value is -1.87. The van der Waals surface area contributed by atoms with Crippen LogP contribution in [0, 0.1) is 6.92 Å². The van der Waals surface area contributed by atoms with E-state index in [0.29, 0.717) is 0 Å². The van der Waals surface area contributed by atoms with Gasteiger partial charge in [-0.3, -0.25) is 4.98 Å². The maximum atomic E-state index is 10.6. The Bertz CT molecular complexity index is 595. The molecule has 1 aromatic heterocycles. The summed E-state index contributed by atoms with van der Waals surface area (Å²) in [6, 6.07) is 9.75. The maximum absolute atomic E-state index is 10.6. The highest BCUT2D eigenvalue weighted by Crippen LogP contribution is 2.36. The van der Waals surface area contributed by atoms with Gasteiger partial charge in [-0.25, -0.2) is 0 Å². The summed E-state index contributed by atoms with van der Waals surface area (Å²) in [6.45, 7) is 2.64. The summed E-state index contributed by atoms with van der Waals surface area (Å²) in [5.74, 6) is 0.851. The molecule has 1 aromatic carbocycles.